The predicted molar refractivity (Wildman–Crippen MR) is 96.6 cm³/mol. The van der Waals surface area contributed by atoms with Crippen molar-refractivity contribution in [3.8, 4) is 0 Å². The van der Waals surface area contributed by atoms with Crippen LogP contribution in [-0.2, 0) is 4.79 Å². The number of hydrogen-bond acceptors (Lipinski definition) is 4. The van der Waals surface area contributed by atoms with Crippen molar-refractivity contribution in [3.05, 3.63) is 21.8 Å². The molecule has 0 saturated heterocycles. The average Bonchev–Trinajstić information content (AvgIpc) is 2.33. The van der Waals surface area contributed by atoms with Gasteiger partial charge in [0.2, 0.25) is 5.91 Å². The summed E-state index contributed by atoms with van der Waals surface area (Å²) >= 11 is 5.51. The number of carboxylic acid groups (broad SMARTS) is 1. The Morgan fingerprint density at radius 2 is 1.48 bits per heavy atom. The molecule has 0 aliphatic carbocycles. The number of carboxylic acids is 1. The van der Waals surface area contributed by atoms with Gasteiger partial charge < -0.3 is 20.5 Å². The Labute approximate surface area is 204 Å². The van der Waals surface area contributed by atoms with Crippen molar-refractivity contribution in [2.75, 3.05) is 12.4 Å². The molecular weight excluding hydrogens is 644 g/mol. The van der Waals surface area contributed by atoms with Crippen LogP contribution in [0.25, 0.3) is 0 Å². The Hall–Kier alpha value is 1.46. The van der Waals surface area contributed by atoms with Crippen LogP contribution >= 0.6 is 67.8 Å². The van der Waals surface area contributed by atoms with Gasteiger partial charge in [0.05, 0.1) is 20.8 Å². The van der Waals surface area contributed by atoms with Gasteiger partial charge in [-0.3, -0.25) is 9.59 Å². The fourth-order valence-electron chi connectivity index (χ4n) is 1.45. The number of hydrogen-bond donors (Lipinski definition) is 2. The van der Waals surface area contributed by atoms with Crippen molar-refractivity contribution in [1.29, 1.82) is 0 Å². The summed E-state index contributed by atoms with van der Waals surface area (Å²) in [6, 6.07) is 0. The van der Waals surface area contributed by atoms with E-state index in [4.69, 9.17) is 0 Å². The number of anilines is 1. The summed E-state index contributed by atoms with van der Waals surface area (Å²) < 4.78 is 1.10. The third-order valence-electron chi connectivity index (χ3n) is 2.28. The maximum Gasteiger partial charge on any atom is 1.00 e. The summed E-state index contributed by atoms with van der Waals surface area (Å²) in [6.45, 7) is 1.31. The Balaban J connectivity index is 0.00000400. The second-order valence-corrected chi connectivity index (χ2v) is 6.85. The van der Waals surface area contributed by atoms with E-state index >= 15 is 0 Å². The van der Waals surface area contributed by atoms with Gasteiger partial charge in [-0.15, -0.1) is 0 Å². The van der Waals surface area contributed by atoms with Gasteiger partial charge in [-0.2, -0.15) is 0 Å². The molecule has 1 aromatic rings. The van der Waals surface area contributed by atoms with Crippen molar-refractivity contribution >= 4 is 91.2 Å². The molecule has 0 fully saturated rings. The minimum atomic E-state index is -1.40. The molecule has 6 nitrogen and oxygen atoms in total. The molecule has 0 heterocycles. The van der Waals surface area contributed by atoms with Crippen LogP contribution in [0.5, 0.6) is 0 Å². The van der Waals surface area contributed by atoms with Crippen molar-refractivity contribution in [2.45, 2.75) is 6.92 Å². The molecule has 1 rings (SSSR count). The molecule has 0 aliphatic heterocycles. The maximum atomic E-state index is 11.9. The van der Waals surface area contributed by atoms with Gasteiger partial charge in [0.1, 0.15) is 0 Å². The van der Waals surface area contributed by atoms with E-state index in [-0.39, 0.29) is 72.0 Å². The number of halogens is 3. The van der Waals surface area contributed by atoms with Crippen molar-refractivity contribution < 1.29 is 70.9 Å². The third kappa shape index (κ3) is 5.22. The van der Waals surface area contributed by atoms with Crippen molar-refractivity contribution in [2.24, 2.45) is 0 Å². The number of amides is 2. The fourth-order valence-corrected chi connectivity index (χ4v) is 5.82. The van der Waals surface area contributed by atoms with Gasteiger partial charge in [-0.05, 0) is 67.8 Å². The molecule has 0 aromatic heterocycles. The topological polar surface area (TPSA) is 98.3 Å². The molecular formula is C11H8I3KN2O4. The van der Waals surface area contributed by atoms with E-state index in [1.54, 1.807) is 22.6 Å². The number of nitrogens with one attached hydrogen (secondary N) is 2. The summed E-state index contributed by atoms with van der Waals surface area (Å²) in [6.07, 6.45) is 0. The van der Waals surface area contributed by atoms with E-state index in [0.29, 0.717) is 12.8 Å². The molecule has 0 saturated carbocycles. The minimum absolute atomic E-state index is 0. The quantitative estimate of drug-likeness (QED) is 0.298. The predicted octanol–water partition coefficient (Wildman–Crippen LogP) is -1.81. The SMILES string of the molecule is CNC(=O)c1c(I)c(NC(C)=O)c(I)c(C(=O)[O-])c1I.[K+]. The smallest absolute Gasteiger partial charge is 0.545 e. The normalized spacial score (nSPS) is 9.57. The number of carbonyl (C=O) groups is 3. The van der Waals surface area contributed by atoms with Crippen molar-refractivity contribution in [1.82, 2.24) is 5.32 Å². The molecule has 0 unspecified atom stereocenters. The van der Waals surface area contributed by atoms with E-state index in [1.165, 1.54) is 14.0 Å². The van der Waals surface area contributed by atoms with E-state index in [0.717, 1.165) is 0 Å². The summed E-state index contributed by atoms with van der Waals surface area (Å²) in [4.78, 5) is 34.5. The first-order valence-electron chi connectivity index (χ1n) is 5.13. The summed E-state index contributed by atoms with van der Waals surface area (Å²) in [5.41, 5.74) is 0.406. The molecule has 1 aromatic carbocycles. The van der Waals surface area contributed by atoms with E-state index in [2.05, 4.69) is 10.6 Å². The van der Waals surface area contributed by atoms with Crippen LogP contribution < -0.4 is 67.1 Å². The first kappa shape index (κ1) is 22.5. The van der Waals surface area contributed by atoms with Gasteiger partial charge in [0.15, 0.2) is 0 Å². The van der Waals surface area contributed by atoms with Crippen LogP contribution in [0.4, 0.5) is 5.69 Å². The second kappa shape index (κ2) is 9.68. The van der Waals surface area contributed by atoms with E-state index in [9.17, 15) is 19.5 Å². The number of carbonyl (C=O) groups excluding carboxylic acids is 3. The zero-order chi connectivity index (χ0) is 15.6. The zero-order valence-electron chi connectivity index (χ0n) is 11.3. The molecule has 2 amide bonds. The molecule has 10 heteroatoms. The van der Waals surface area contributed by atoms with Gasteiger partial charge >= 0.3 is 51.4 Å². The van der Waals surface area contributed by atoms with Gasteiger partial charge in [0, 0.05) is 26.7 Å². The third-order valence-corrected chi connectivity index (χ3v) is 5.51. The van der Waals surface area contributed by atoms with E-state index < -0.39 is 11.9 Å². The monoisotopic (exact) mass is 652 g/mol. The summed E-state index contributed by atoms with van der Waals surface area (Å²) in [7, 11) is 1.45. The van der Waals surface area contributed by atoms with Crippen LogP contribution in [0.1, 0.15) is 27.6 Å². The Morgan fingerprint density at radius 3 is 1.86 bits per heavy atom. The zero-order valence-corrected chi connectivity index (χ0v) is 20.9. The van der Waals surface area contributed by atoms with Crippen LogP contribution in [0.3, 0.4) is 0 Å². The van der Waals surface area contributed by atoms with Crippen LogP contribution in [0.15, 0.2) is 0 Å². The molecule has 0 spiro atoms. The fraction of sp³-hybridized carbons (Fsp3) is 0.182. The Bertz CT molecular complexity index is 622. The van der Waals surface area contributed by atoms with Crippen LogP contribution in [0, 0.1) is 10.7 Å². The number of rotatable bonds is 3. The maximum absolute atomic E-state index is 11.9. The van der Waals surface area contributed by atoms with Crippen LogP contribution in [0.2, 0.25) is 0 Å². The minimum Gasteiger partial charge on any atom is -0.545 e. The van der Waals surface area contributed by atoms with Gasteiger partial charge in [-0.25, -0.2) is 0 Å². The molecule has 21 heavy (non-hydrogen) atoms. The first-order chi connectivity index (χ1) is 9.22. The number of benzene rings is 1. The second-order valence-electron chi connectivity index (χ2n) is 3.61. The summed E-state index contributed by atoms with van der Waals surface area (Å²) in [5, 5.41) is 16.3. The molecule has 0 atom stereocenters. The molecule has 0 aliphatic rings. The standard InChI is InChI=1S/C11H9I3N2O4.K/c1-3(17)16-9-7(13)4(10(18)15-2)6(12)5(8(9)14)11(19)20;/h1-2H3,(H,15,18)(H,16,17)(H,19,20);/q;+1/p-1. The number of aromatic carboxylic acids is 1. The summed E-state index contributed by atoms with van der Waals surface area (Å²) in [5.74, 6) is -2.18. The largest absolute Gasteiger partial charge is 1.00 e. The molecule has 0 radical (unpaired) electrons. The van der Waals surface area contributed by atoms with Gasteiger partial charge in [-0.1, -0.05) is 0 Å². The van der Waals surface area contributed by atoms with Crippen molar-refractivity contribution in [3.63, 3.8) is 0 Å². The average molecular weight is 652 g/mol. The van der Waals surface area contributed by atoms with Crippen LogP contribution in [-0.4, -0.2) is 24.8 Å². The molecule has 108 valence electrons. The Kier molecular flexibility index (Phi) is 10.4. The van der Waals surface area contributed by atoms with E-state index in [1.807, 2.05) is 45.2 Å². The van der Waals surface area contributed by atoms with Gasteiger partial charge in [0.25, 0.3) is 5.91 Å². The molecule has 2 N–H and O–H groups in total. The first-order valence-corrected chi connectivity index (χ1v) is 8.37. The Morgan fingerprint density at radius 1 is 1.00 bits per heavy atom. The molecule has 0 bridgehead atoms.